The van der Waals surface area contributed by atoms with Crippen LogP contribution in [-0.4, -0.2) is 56.5 Å². The Bertz CT molecular complexity index is 395. The summed E-state index contributed by atoms with van der Waals surface area (Å²) in [6, 6.07) is 5.57. The molecule has 20 heavy (non-hydrogen) atoms. The standard InChI is InChI=1S/C15H26N2O3/c1-5-17(6-2)11-12(18)10-16-14-8-7-13(19-3)9-15(14)20-4/h7-9,12,16,18H,5-6,10-11H2,1-4H3. The molecule has 1 aromatic carbocycles. The largest absolute Gasteiger partial charge is 0.497 e. The molecule has 0 saturated heterocycles. The monoisotopic (exact) mass is 282 g/mol. The fraction of sp³-hybridized carbons (Fsp3) is 0.600. The minimum atomic E-state index is -0.415. The molecular weight excluding hydrogens is 256 g/mol. The number of aliphatic hydroxyl groups excluding tert-OH is 1. The summed E-state index contributed by atoms with van der Waals surface area (Å²) in [6.45, 7) is 7.22. The van der Waals surface area contributed by atoms with Crippen molar-refractivity contribution in [1.29, 1.82) is 0 Å². The molecule has 1 unspecified atom stereocenters. The van der Waals surface area contributed by atoms with Crippen LogP contribution in [0.1, 0.15) is 13.8 Å². The molecule has 0 aliphatic heterocycles. The van der Waals surface area contributed by atoms with Gasteiger partial charge in [0.05, 0.1) is 26.0 Å². The molecule has 1 atom stereocenters. The molecule has 0 heterocycles. The molecule has 0 fully saturated rings. The molecule has 5 nitrogen and oxygen atoms in total. The number of methoxy groups -OCH3 is 2. The highest BCUT2D eigenvalue weighted by Gasteiger charge is 2.10. The minimum absolute atomic E-state index is 0.415. The van der Waals surface area contributed by atoms with E-state index in [0.717, 1.165) is 24.5 Å². The predicted molar refractivity (Wildman–Crippen MR) is 81.8 cm³/mol. The lowest BCUT2D eigenvalue weighted by Gasteiger charge is -2.22. The van der Waals surface area contributed by atoms with Crippen LogP contribution in [0.2, 0.25) is 0 Å². The smallest absolute Gasteiger partial charge is 0.145 e. The van der Waals surface area contributed by atoms with Crippen LogP contribution in [-0.2, 0) is 0 Å². The number of hydrogen-bond acceptors (Lipinski definition) is 5. The number of likely N-dealkylation sites (N-methyl/N-ethyl adjacent to an activating group) is 1. The lowest BCUT2D eigenvalue weighted by molar-refractivity contribution is 0.128. The fourth-order valence-corrected chi connectivity index (χ4v) is 2.02. The zero-order valence-corrected chi connectivity index (χ0v) is 12.8. The number of hydrogen-bond donors (Lipinski definition) is 2. The summed E-state index contributed by atoms with van der Waals surface area (Å²) in [5.41, 5.74) is 0.854. The molecule has 0 bridgehead atoms. The zero-order chi connectivity index (χ0) is 15.0. The molecule has 0 aliphatic rings. The molecule has 0 amide bonds. The SMILES string of the molecule is CCN(CC)CC(O)CNc1ccc(OC)cc1OC. The third-order valence-electron chi connectivity index (χ3n) is 3.30. The normalized spacial score (nSPS) is 12.3. The third kappa shape index (κ3) is 4.90. The molecule has 0 spiro atoms. The van der Waals surface area contributed by atoms with Crippen LogP contribution in [0.3, 0.4) is 0 Å². The summed E-state index contributed by atoms with van der Waals surface area (Å²) in [4.78, 5) is 2.19. The first-order valence-electron chi connectivity index (χ1n) is 7.00. The van der Waals surface area contributed by atoms with Crippen molar-refractivity contribution in [3.8, 4) is 11.5 Å². The second-order valence-electron chi connectivity index (χ2n) is 4.59. The highest BCUT2D eigenvalue weighted by atomic mass is 16.5. The molecule has 0 aliphatic carbocycles. The van der Waals surface area contributed by atoms with Gasteiger partial charge in [-0.3, -0.25) is 0 Å². The molecule has 2 N–H and O–H groups in total. The fourth-order valence-electron chi connectivity index (χ4n) is 2.02. The third-order valence-corrected chi connectivity index (χ3v) is 3.30. The van der Waals surface area contributed by atoms with Gasteiger partial charge in [-0.15, -0.1) is 0 Å². The van der Waals surface area contributed by atoms with Crippen molar-refractivity contribution in [3.63, 3.8) is 0 Å². The van der Waals surface area contributed by atoms with Gasteiger partial charge in [-0.25, -0.2) is 0 Å². The molecule has 1 rings (SSSR count). The van der Waals surface area contributed by atoms with Gasteiger partial charge in [0.25, 0.3) is 0 Å². The Balaban J connectivity index is 2.56. The van der Waals surface area contributed by atoms with Crippen molar-refractivity contribution >= 4 is 5.69 Å². The first-order chi connectivity index (χ1) is 9.64. The number of nitrogens with zero attached hydrogens (tertiary/aromatic N) is 1. The van der Waals surface area contributed by atoms with Gasteiger partial charge in [0.2, 0.25) is 0 Å². The van der Waals surface area contributed by atoms with Gasteiger partial charge in [0.15, 0.2) is 0 Å². The van der Waals surface area contributed by atoms with E-state index in [1.165, 1.54) is 0 Å². The Labute approximate surface area is 121 Å². The van der Waals surface area contributed by atoms with Crippen LogP contribution < -0.4 is 14.8 Å². The molecule has 5 heteroatoms. The maximum Gasteiger partial charge on any atom is 0.145 e. The topological polar surface area (TPSA) is 54.0 Å². The van der Waals surface area contributed by atoms with Gasteiger partial charge < -0.3 is 24.8 Å². The van der Waals surface area contributed by atoms with Crippen LogP contribution in [0, 0.1) is 0 Å². The summed E-state index contributed by atoms with van der Waals surface area (Å²) < 4.78 is 10.5. The predicted octanol–water partition coefficient (Wildman–Crippen LogP) is 1.82. The number of nitrogens with one attached hydrogen (secondary N) is 1. The van der Waals surface area contributed by atoms with Crippen LogP contribution in [0.25, 0.3) is 0 Å². The van der Waals surface area contributed by atoms with E-state index in [-0.39, 0.29) is 0 Å². The summed E-state index contributed by atoms with van der Waals surface area (Å²) in [6.07, 6.45) is -0.415. The summed E-state index contributed by atoms with van der Waals surface area (Å²) in [5.74, 6) is 1.45. The number of rotatable bonds is 9. The summed E-state index contributed by atoms with van der Waals surface area (Å²) in [5, 5.41) is 13.2. The van der Waals surface area contributed by atoms with Crippen molar-refractivity contribution in [2.45, 2.75) is 20.0 Å². The van der Waals surface area contributed by atoms with E-state index in [0.29, 0.717) is 18.8 Å². The van der Waals surface area contributed by atoms with E-state index in [4.69, 9.17) is 9.47 Å². The lowest BCUT2D eigenvalue weighted by atomic mass is 10.2. The van der Waals surface area contributed by atoms with Gasteiger partial charge >= 0.3 is 0 Å². The van der Waals surface area contributed by atoms with Gasteiger partial charge in [0, 0.05) is 19.2 Å². The van der Waals surface area contributed by atoms with Gasteiger partial charge in [-0.05, 0) is 25.2 Å². The van der Waals surface area contributed by atoms with Crippen molar-refractivity contribution < 1.29 is 14.6 Å². The summed E-state index contributed by atoms with van der Waals surface area (Å²) >= 11 is 0. The number of anilines is 1. The number of ether oxygens (including phenoxy) is 2. The first-order valence-corrected chi connectivity index (χ1v) is 7.00. The van der Waals surface area contributed by atoms with E-state index < -0.39 is 6.10 Å². The van der Waals surface area contributed by atoms with E-state index in [1.807, 2.05) is 18.2 Å². The Kier molecular flexibility index (Phi) is 7.18. The van der Waals surface area contributed by atoms with Gasteiger partial charge in [0.1, 0.15) is 11.5 Å². The second-order valence-corrected chi connectivity index (χ2v) is 4.59. The van der Waals surface area contributed by atoms with Crippen LogP contribution >= 0.6 is 0 Å². The molecule has 114 valence electrons. The molecule has 1 aromatic rings. The van der Waals surface area contributed by atoms with E-state index in [2.05, 4.69) is 24.1 Å². The first kappa shape index (κ1) is 16.6. The maximum absolute atomic E-state index is 10.0. The maximum atomic E-state index is 10.0. The van der Waals surface area contributed by atoms with E-state index in [1.54, 1.807) is 14.2 Å². The number of benzene rings is 1. The van der Waals surface area contributed by atoms with Crippen molar-refractivity contribution in [1.82, 2.24) is 4.90 Å². The highest BCUT2D eigenvalue weighted by molar-refractivity contribution is 5.59. The second kappa shape index (κ2) is 8.66. The Morgan fingerprint density at radius 2 is 1.90 bits per heavy atom. The lowest BCUT2D eigenvalue weighted by Crippen LogP contribution is -2.35. The summed E-state index contributed by atoms with van der Waals surface area (Å²) in [7, 11) is 3.24. The quantitative estimate of drug-likeness (QED) is 0.723. The van der Waals surface area contributed by atoms with Gasteiger partial charge in [-0.1, -0.05) is 13.8 Å². The van der Waals surface area contributed by atoms with E-state index in [9.17, 15) is 5.11 Å². The Morgan fingerprint density at radius 1 is 1.20 bits per heavy atom. The van der Waals surface area contributed by atoms with E-state index >= 15 is 0 Å². The minimum Gasteiger partial charge on any atom is -0.497 e. The number of aliphatic hydroxyl groups is 1. The zero-order valence-electron chi connectivity index (χ0n) is 12.8. The molecular formula is C15H26N2O3. The van der Waals surface area contributed by atoms with Crippen LogP contribution in [0.15, 0.2) is 18.2 Å². The molecule has 0 aromatic heterocycles. The van der Waals surface area contributed by atoms with Crippen LogP contribution in [0.4, 0.5) is 5.69 Å². The Hall–Kier alpha value is -1.46. The molecule has 0 radical (unpaired) electrons. The van der Waals surface area contributed by atoms with Crippen LogP contribution in [0.5, 0.6) is 11.5 Å². The Morgan fingerprint density at radius 3 is 2.45 bits per heavy atom. The van der Waals surface area contributed by atoms with Crippen molar-refractivity contribution in [3.05, 3.63) is 18.2 Å². The van der Waals surface area contributed by atoms with Crippen molar-refractivity contribution in [2.75, 3.05) is 45.7 Å². The average Bonchev–Trinajstić information content (AvgIpc) is 2.50. The van der Waals surface area contributed by atoms with Crippen molar-refractivity contribution in [2.24, 2.45) is 0 Å². The highest BCUT2D eigenvalue weighted by Crippen LogP contribution is 2.28. The van der Waals surface area contributed by atoms with Gasteiger partial charge in [-0.2, -0.15) is 0 Å². The average molecular weight is 282 g/mol. The molecule has 0 saturated carbocycles.